The van der Waals surface area contributed by atoms with Crippen LogP contribution in [0.1, 0.15) is 6.42 Å². The van der Waals surface area contributed by atoms with E-state index in [0.29, 0.717) is 0 Å². The molecule has 0 radical (unpaired) electrons. The van der Waals surface area contributed by atoms with Crippen LogP contribution in [0.25, 0.3) is 0 Å². The average molecular weight is 129 g/mol. The number of rotatable bonds is 2. The highest BCUT2D eigenvalue weighted by Gasteiger charge is 1.71. The zero-order valence-electron chi connectivity index (χ0n) is 5.32. The molecule has 8 heavy (non-hydrogen) atoms. The smallest absolute Gasteiger partial charge is 0.0223 e. The van der Waals surface area contributed by atoms with Crippen LogP contribution in [0.5, 0.6) is 0 Å². The standard InChI is InChI=1S/C6H11NS/c1-7-5-3-4-6-8-2/h7H,3,5H2,1-2H3. The average Bonchev–Trinajstić information content (AvgIpc) is 1.81. The van der Waals surface area contributed by atoms with Gasteiger partial charge in [0.2, 0.25) is 0 Å². The van der Waals surface area contributed by atoms with Crippen LogP contribution in [0, 0.1) is 11.2 Å². The summed E-state index contributed by atoms with van der Waals surface area (Å²) in [5, 5.41) is 5.92. The Hall–Kier alpha value is -0.130. The van der Waals surface area contributed by atoms with Crippen LogP contribution >= 0.6 is 11.8 Å². The van der Waals surface area contributed by atoms with E-state index in [0.717, 1.165) is 13.0 Å². The SMILES string of the molecule is CNCCC#CSC. The van der Waals surface area contributed by atoms with Crippen molar-refractivity contribution >= 4 is 11.8 Å². The normalized spacial score (nSPS) is 7.75. The molecule has 0 heterocycles. The molecule has 0 amide bonds. The summed E-state index contributed by atoms with van der Waals surface area (Å²) in [6.07, 6.45) is 2.93. The Labute approximate surface area is 55.2 Å². The Morgan fingerprint density at radius 3 is 2.88 bits per heavy atom. The van der Waals surface area contributed by atoms with E-state index in [1.54, 1.807) is 11.8 Å². The van der Waals surface area contributed by atoms with E-state index >= 15 is 0 Å². The molecule has 0 aliphatic rings. The molecule has 2 heteroatoms. The van der Waals surface area contributed by atoms with Crippen LogP contribution in [0.2, 0.25) is 0 Å². The molecule has 0 aliphatic heterocycles. The topological polar surface area (TPSA) is 12.0 Å². The minimum atomic E-state index is 0.956. The molecule has 0 saturated carbocycles. The van der Waals surface area contributed by atoms with Crippen LogP contribution in [0.4, 0.5) is 0 Å². The molecule has 0 unspecified atom stereocenters. The third-order valence-electron chi connectivity index (χ3n) is 0.674. The van der Waals surface area contributed by atoms with Crippen molar-refractivity contribution in [1.82, 2.24) is 5.32 Å². The molecule has 0 rings (SSSR count). The minimum Gasteiger partial charge on any atom is -0.319 e. The van der Waals surface area contributed by atoms with E-state index < -0.39 is 0 Å². The van der Waals surface area contributed by atoms with Crippen LogP contribution < -0.4 is 5.32 Å². The molecule has 0 aromatic rings. The molecule has 0 bridgehead atoms. The van der Waals surface area contributed by atoms with Gasteiger partial charge in [-0.25, -0.2) is 0 Å². The fourth-order valence-corrected chi connectivity index (χ4v) is 0.557. The molecule has 0 spiro atoms. The molecule has 46 valence electrons. The van der Waals surface area contributed by atoms with Crippen molar-refractivity contribution in [2.45, 2.75) is 6.42 Å². The first-order valence-corrected chi connectivity index (χ1v) is 3.79. The van der Waals surface area contributed by atoms with E-state index in [1.165, 1.54) is 0 Å². The zero-order valence-corrected chi connectivity index (χ0v) is 6.14. The van der Waals surface area contributed by atoms with E-state index in [2.05, 4.69) is 16.5 Å². The molecule has 0 fully saturated rings. The van der Waals surface area contributed by atoms with Crippen molar-refractivity contribution in [3.05, 3.63) is 0 Å². The number of hydrogen-bond donors (Lipinski definition) is 1. The second-order valence-electron chi connectivity index (χ2n) is 1.34. The number of hydrogen-bond acceptors (Lipinski definition) is 2. The lowest BCUT2D eigenvalue weighted by atomic mass is 10.4. The first-order chi connectivity index (χ1) is 3.91. The first-order valence-electron chi connectivity index (χ1n) is 2.57. The van der Waals surface area contributed by atoms with E-state index in [-0.39, 0.29) is 0 Å². The molecule has 0 aromatic carbocycles. The lowest BCUT2D eigenvalue weighted by molar-refractivity contribution is 0.819. The Morgan fingerprint density at radius 2 is 2.38 bits per heavy atom. The van der Waals surface area contributed by atoms with E-state index in [1.807, 2.05) is 13.3 Å². The molecule has 1 N–H and O–H groups in total. The Kier molecular flexibility index (Phi) is 6.76. The quantitative estimate of drug-likeness (QED) is 0.439. The van der Waals surface area contributed by atoms with Crippen molar-refractivity contribution in [3.8, 4) is 11.2 Å². The van der Waals surface area contributed by atoms with Crippen LogP contribution in [-0.4, -0.2) is 19.8 Å². The maximum atomic E-state index is 3.01. The second-order valence-corrected chi connectivity index (χ2v) is 1.95. The molecule has 0 atom stereocenters. The first kappa shape index (κ1) is 7.87. The van der Waals surface area contributed by atoms with Crippen molar-refractivity contribution in [2.75, 3.05) is 19.8 Å². The molecule has 0 aromatic heterocycles. The molecule has 0 saturated heterocycles. The van der Waals surface area contributed by atoms with Gasteiger partial charge in [-0.15, -0.1) is 0 Å². The summed E-state index contributed by atoms with van der Waals surface area (Å²) in [6, 6.07) is 0. The van der Waals surface area contributed by atoms with Gasteiger partial charge in [-0.2, -0.15) is 0 Å². The van der Waals surface area contributed by atoms with E-state index in [9.17, 15) is 0 Å². The summed E-state index contributed by atoms with van der Waals surface area (Å²) < 4.78 is 0. The third kappa shape index (κ3) is 5.87. The van der Waals surface area contributed by atoms with Crippen molar-refractivity contribution in [2.24, 2.45) is 0 Å². The summed E-state index contributed by atoms with van der Waals surface area (Å²) in [5.74, 6) is 2.99. The van der Waals surface area contributed by atoms with Gasteiger partial charge in [-0.1, -0.05) is 17.7 Å². The number of thioether (sulfide) groups is 1. The maximum absolute atomic E-state index is 3.01. The fraction of sp³-hybridized carbons (Fsp3) is 0.667. The van der Waals surface area contributed by atoms with Gasteiger partial charge in [0.15, 0.2) is 0 Å². The summed E-state index contributed by atoms with van der Waals surface area (Å²) in [7, 11) is 1.93. The summed E-state index contributed by atoms with van der Waals surface area (Å²) in [5.41, 5.74) is 0. The van der Waals surface area contributed by atoms with Gasteiger partial charge < -0.3 is 5.32 Å². The second kappa shape index (κ2) is 6.87. The van der Waals surface area contributed by atoms with Gasteiger partial charge in [0.25, 0.3) is 0 Å². The van der Waals surface area contributed by atoms with Crippen LogP contribution in [0.15, 0.2) is 0 Å². The molecule has 0 aliphatic carbocycles. The Bertz CT molecular complexity index is 90.4. The summed E-state index contributed by atoms with van der Waals surface area (Å²) in [4.78, 5) is 0. The zero-order chi connectivity index (χ0) is 6.24. The van der Waals surface area contributed by atoms with Gasteiger partial charge in [0.05, 0.1) is 0 Å². The van der Waals surface area contributed by atoms with Crippen molar-refractivity contribution in [3.63, 3.8) is 0 Å². The highest BCUT2D eigenvalue weighted by molar-refractivity contribution is 8.03. The largest absolute Gasteiger partial charge is 0.319 e. The predicted molar refractivity (Wildman–Crippen MR) is 39.8 cm³/mol. The predicted octanol–water partition coefficient (Wildman–Crippen LogP) is 0.920. The summed E-state index contributed by atoms with van der Waals surface area (Å²) in [6.45, 7) is 0.994. The third-order valence-corrected chi connectivity index (χ3v) is 1.02. The summed E-state index contributed by atoms with van der Waals surface area (Å²) >= 11 is 1.56. The van der Waals surface area contributed by atoms with Gasteiger partial charge in [0.1, 0.15) is 0 Å². The van der Waals surface area contributed by atoms with E-state index in [4.69, 9.17) is 0 Å². The lowest BCUT2D eigenvalue weighted by Gasteiger charge is -1.85. The van der Waals surface area contributed by atoms with Crippen LogP contribution in [-0.2, 0) is 0 Å². The monoisotopic (exact) mass is 129 g/mol. The highest BCUT2D eigenvalue weighted by Crippen LogP contribution is 1.83. The highest BCUT2D eigenvalue weighted by atomic mass is 32.2. The Balaban J connectivity index is 2.90. The maximum Gasteiger partial charge on any atom is 0.0223 e. The van der Waals surface area contributed by atoms with Crippen LogP contribution in [0.3, 0.4) is 0 Å². The van der Waals surface area contributed by atoms with Gasteiger partial charge in [-0.05, 0) is 18.6 Å². The van der Waals surface area contributed by atoms with Gasteiger partial charge in [0, 0.05) is 13.0 Å². The van der Waals surface area contributed by atoms with Gasteiger partial charge >= 0.3 is 0 Å². The van der Waals surface area contributed by atoms with Crippen molar-refractivity contribution in [1.29, 1.82) is 0 Å². The molecule has 1 nitrogen and oxygen atoms in total. The van der Waals surface area contributed by atoms with Crippen molar-refractivity contribution < 1.29 is 0 Å². The number of nitrogens with one attached hydrogen (secondary N) is 1. The Morgan fingerprint density at radius 1 is 1.62 bits per heavy atom. The molecular formula is C6H11NS. The minimum absolute atomic E-state index is 0.956. The molecular weight excluding hydrogens is 118 g/mol. The fourth-order valence-electron chi connectivity index (χ4n) is 0.311. The lowest BCUT2D eigenvalue weighted by Crippen LogP contribution is -2.05. The van der Waals surface area contributed by atoms with Gasteiger partial charge in [-0.3, -0.25) is 0 Å².